The maximum Gasteiger partial charge on any atom is 0.117 e. The summed E-state index contributed by atoms with van der Waals surface area (Å²) >= 11 is 1.74. The molecule has 19 heavy (non-hydrogen) atoms. The van der Waals surface area contributed by atoms with Crippen molar-refractivity contribution in [2.45, 2.75) is 18.0 Å². The Morgan fingerprint density at radius 2 is 2.16 bits per heavy atom. The van der Waals surface area contributed by atoms with Crippen LogP contribution in [0.1, 0.15) is 6.92 Å². The first-order chi connectivity index (χ1) is 9.35. The van der Waals surface area contributed by atoms with E-state index in [-0.39, 0.29) is 0 Å². The number of thioether (sulfide) groups is 1. The molecule has 0 fully saturated rings. The summed E-state index contributed by atoms with van der Waals surface area (Å²) in [5.41, 5.74) is 0.992. The lowest BCUT2D eigenvalue weighted by atomic mass is 10.2. The van der Waals surface area contributed by atoms with Crippen LogP contribution in [0.25, 0.3) is 10.9 Å². The van der Waals surface area contributed by atoms with Crippen LogP contribution >= 0.6 is 11.8 Å². The maximum atomic E-state index is 5.22. The highest BCUT2D eigenvalue weighted by molar-refractivity contribution is 7.99. The number of para-hydroxylation sites is 1. The molecule has 0 aliphatic heterocycles. The van der Waals surface area contributed by atoms with E-state index in [9.17, 15) is 0 Å². The lowest BCUT2D eigenvalue weighted by molar-refractivity contribution is 0.174. The van der Waals surface area contributed by atoms with Crippen molar-refractivity contribution in [1.82, 2.24) is 15.3 Å². The van der Waals surface area contributed by atoms with Crippen LogP contribution in [0.2, 0.25) is 0 Å². The van der Waals surface area contributed by atoms with Gasteiger partial charge in [-0.1, -0.05) is 25.1 Å². The van der Waals surface area contributed by atoms with E-state index in [4.69, 9.17) is 4.74 Å². The molecule has 1 aromatic carbocycles. The van der Waals surface area contributed by atoms with E-state index >= 15 is 0 Å². The van der Waals surface area contributed by atoms with Crippen LogP contribution in [0.4, 0.5) is 0 Å². The van der Waals surface area contributed by atoms with E-state index in [1.54, 1.807) is 25.2 Å². The summed E-state index contributed by atoms with van der Waals surface area (Å²) < 4.78 is 5.22. The molecule has 2 rings (SSSR count). The third-order valence-corrected chi connectivity index (χ3v) is 3.96. The number of nitrogens with zero attached hydrogens (tertiary/aromatic N) is 2. The highest BCUT2D eigenvalue weighted by atomic mass is 32.2. The number of likely N-dealkylation sites (N-methyl/N-ethyl adjacent to an activating group) is 1. The topological polar surface area (TPSA) is 47.0 Å². The van der Waals surface area contributed by atoms with Crippen LogP contribution < -0.4 is 5.32 Å². The quantitative estimate of drug-likeness (QED) is 0.622. The van der Waals surface area contributed by atoms with Crippen LogP contribution in [-0.4, -0.2) is 42.0 Å². The Kier molecular flexibility index (Phi) is 5.57. The Morgan fingerprint density at radius 1 is 1.32 bits per heavy atom. The van der Waals surface area contributed by atoms with Gasteiger partial charge in [0.25, 0.3) is 0 Å². The van der Waals surface area contributed by atoms with Crippen molar-refractivity contribution in [2.24, 2.45) is 0 Å². The van der Waals surface area contributed by atoms with Crippen molar-refractivity contribution < 1.29 is 4.74 Å². The van der Waals surface area contributed by atoms with Crippen LogP contribution in [0.5, 0.6) is 0 Å². The van der Waals surface area contributed by atoms with E-state index in [2.05, 4.69) is 28.3 Å². The second-order valence-corrected chi connectivity index (χ2v) is 5.23. The first kappa shape index (κ1) is 14.2. The molecule has 0 radical (unpaired) electrons. The fraction of sp³-hybridized carbons (Fsp3) is 0.429. The fourth-order valence-corrected chi connectivity index (χ4v) is 2.95. The first-order valence-corrected chi connectivity index (χ1v) is 7.38. The minimum absolute atomic E-state index is 0.341. The van der Waals surface area contributed by atoms with Crippen molar-refractivity contribution >= 4 is 22.7 Å². The normalized spacial score (nSPS) is 12.7. The molecule has 0 spiro atoms. The molecule has 1 heterocycles. The Labute approximate surface area is 118 Å². The highest BCUT2D eigenvalue weighted by Crippen LogP contribution is 2.24. The summed E-state index contributed by atoms with van der Waals surface area (Å²) in [6.45, 7) is 3.76. The molecule has 1 N–H and O–H groups in total. The standard InChI is InChI=1S/C14H19N3OS/c1-3-15-11(8-18-2)9-19-14-12-6-4-5-7-13(12)16-10-17-14/h4-7,10-11,15H,3,8-9H2,1-2H3. The zero-order valence-electron chi connectivity index (χ0n) is 11.3. The smallest absolute Gasteiger partial charge is 0.117 e. The van der Waals surface area contributed by atoms with Gasteiger partial charge in [0, 0.05) is 24.3 Å². The summed E-state index contributed by atoms with van der Waals surface area (Å²) in [6.07, 6.45) is 1.63. The number of hydrogen-bond acceptors (Lipinski definition) is 5. The predicted molar refractivity (Wildman–Crippen MR) is 79.6 cm³/mol. The van der Waals surface area contributed by atoms with Gasteiger partial charge in [0.15, 0.2) is 0 Å². The molecule has 102 valence electrons. The van der Waals surface area contributed by atoms with Gasteiger partial charge in [0.2, 0.25) is 0 Å². The lowest BCUT2D eigenvalue weighted by Crippen LogP contribution is -2.35. The van der Waals surface area contributed by atoms with Crippen LogP contribution in [0, 0.1) is 0 Å². The molecule has 0 saturated heterocycles. The monoisotopic (exact) mass is 277 g/mol. The third-order valence-electron chi connectivity index (χ3n) is 2.79. The molecule has 0 aliphatic carbocycles. The summed E-state index contributed by atoms with van der Waals surface area (Å²) in [4.78, 5) is 8.66. The van der Waals surface area contributed by atoms with Crippen molar-refractivity contribution in [1.29, 1.82) is 0 Å². The maximum absolute atomic E-state index is 5.22. The summed E-state index contributed by atoms with van der Waals surface area (Å²) in [5, 5.41) is 5.56. The Morgan fingerprint density at radius 3 is 2.95 bits per heavy atom. The van der Waals surface area contributed by atoms with Gasteiger partial charge in [-0.05, 0) is 12.6 Å². The average Bonchev–Trinajstić information content (AvgIpc) is 2.45. The lowest BCUT2D eigenvalue weighted by Gasteiger charge is -2.16. The summed E-state index contributed by atoms with van der Waals surface area (Å²) in [7, 11) is 1.73. The van der Waals surface area contributed by atoms with Crippen LogP contribution in [0.15, 0.2) is 35.6 Å². The molecule has 2 aromatic rings. The van der Waals surface area contributed by atoms with Crippen molar-refractivity contribution in [3.05, 3.63) is 30.6 Å². The van der Waals surface area contributed by atoms with E-state index in [0.717, 1.165) is 28.2 Å². The Balaban J connectivity index is 2.08. The zero-order valence-corrected chi connectivity index (χ0v) is 12.1. The zero-order chi connectivity index (χ0) is 13.5. The summed E-state index contributed by atoms with van der Waals surface area (Å²) in [5.74, 6) is 0.933. The first-order valence-electron chi connectivity index (χ1n) is 6.40. The number of ether oxygens (including phenoxy) is 1. The second kappa shape index (κ2) is 7.43. The van der Waals surface area contributed by atoms with Gasteiger partial charge in [-0.3, -0.25) is 0 Å². The molecule has 0 amide bonds. The number of rotatable bonds is 7. The SMILES string of the molecule is CCNC(COC)CSc1ncnc2ccccc12. The molecule has 5 heteroatoms. The summed E-state index contributed by atoms with van der Waals surface area (Å²) in [6, 6.07) is 8.44. The Hall–Kier alpha value is -1.17. The molecule has 1 aromatic heterocycles. The molecule has 1 atom stereocenters. The molecule has 4 nitrogen and oxygen atoms in total. The van der Waals surface area contributed by atoms with Gasteiger partial charge in [0.1, 0.15) is 11.4 Å². The molecule has 0 aliphatic rings. The Bertz CT molecular complexity index is 510. The molecular weight excluding hydrogens is 258 g/mol. The highest BCUT2D eigenvalue weighted by Gasteiger charge is 2.10. The van der Waals surface area contributed by atoms with Gasteiger partial charge in [-0.15, -0.1) is 11.8 Å². The van der Waals surface area contributed by atoms with E-state index in [1.165, 1.54) is 0 Å². The van der Waals surface area contributed by atoms with E-state index in [1.807, 2.05) is 18.2 Å². The average molecular weight is 277 g/mol. The number of aromatic nitrogens is 2. The van der Waals surface area contributed by atoms with Crippen molar-refractivity contribution in [3.8, 4) is 0 Å². The van der Waals surface area contributed by atoms with Crippen molar-refractivity contribution in [3.63, 3.8) is 0 Å². The van der Waals surface area contributed by atoms with Gasteiger partial charge in [-0.2, -0.15) is 0 Å². The van der Waals surface area contributed by atoms with E-state index in [0.29, 0.717) is 12.6 Å². The molecule has 1 unspecified atom stereocenters. The fourth-order valence-electron chi connectivity index (χ4n) is 1.93. The van der Waals surface area contributed by atoms with E-state index < -0.39 is 0 Å². The molecule has 0 saturated carbocycles. The van der Waals surface area contributed by atoms with Gasteiger partial charge in [0.05, 0.1) is 12.1 Å². The minimum atomic E-state index is 0.341. The number of nitrogens with one attached hydrogen (secondary N) is 1. The third kappa shape index (κ3) is 3.89. The minimum Gasteiger partial charge on any atom is -0.383 e. The van der Waals surface area contributed by atoms with Crippen LogP contribution in [-0.2, 0) is 4.74 Å². The number of methoxy groups -OCH3 is 1. The van der Waals surface area contributed by atoms with Crippen LogP contribution in [0.3, 0.4) is 0 Å². The number of fused-ring (bicyclic) bond motifs is 1. The largest absolute Gasteiger partial charge is 0.383 e. The van der Waals surface area contributed by atoms with Crippen molar-refractivity contribution in [2.75, 3.05) is 26.0 Å². The number of benzene rings is 1. The second-order valence-electron chi connectivity index (χ2n) is 4.22. The van der Waals surface area contributed by atoms with Gasteiger partial charge < -0.3 is 10.1 Å². The molecule has 0 bridgehead atoms. The number of hydrogen-bond donors (Lipinski definition) is 1. The predicted octanol–water partition coefficient (Wildman–Crippen LogP) is 2.35. The molecular formula is C14H19N3OS. The van der Waals surface area contributed by atoms with Gasteiger partial charge in [-0.25, -0.2) is 9.97 Å². The van der Waals surface area contributed by atoms with Gasteiger partial charge >= 0.3 is 0 Å².